The highest BCUT2D eigenvalue weighted by Gasteiger charge is 2.38. The van der Waals surface area contributed by atoms with E-state index < -0.39 is 0 Å². The van der Waals surface area contributed by atoms with Crippen molar-refractivity contribution in [2.45, 2.75) is 18.9 Å². The average molecular weight is 241 g/mol. The van der Waals surface area contributed by atoms with E-state index in [0.29, 0.717) is 24.5 Å². The first-order chi connectivity index (χ1) is 8.86. The number of aliphatic hydroxyl groups excluding tert-OH is 1. The third-order valence-corrected chi connectivity index (χ3v) is 4.27. The Morgan fingerprint density at radius 2 is 2.11 bits per heavy atom. The predicted octanol–water partition coefficient (Wildman–Crippen LogP) is 1.74. The van der Waals surface area contributed by atoms with Crippen molar-refractivity contribution >= 4 is 0 Å². The fraction of sp³-hybridized carbons (Fsp3) is 0.500. The normalized spacial score (nSPS) is 33.8. The molecule has 2 unspecified atom stereocenters. The zero-order chi connectivity index (χ0) is 12.4. The molecular weight excluding hydrogens is 222 g/mol. The zero-order valence-corrected chi connectivity index (χ0v) is 10.5. The second kappa shape index (κ2) is 5.14. The molecule has 0 aliphatic carbocycles. The van der Waals surface area contributed by atoms with Crippen molar-refractivity contribution in [2.24, 2.45) is 11.8 Å². The van der Waals surface area contributed by atoms with Crippen LogP contribution >= 0.6 is 0 Å². The van der Waals surface area contributed by atoms with Crippen molar-refractivity contribution in [3.8, 4) is 11.8 Å². The highest BCUT2D eigenvalue weighted by atomic mass is 16.3. The summed E-state index contributed by atoms with van der Waals surface area (Å²) in [6.07, 6.45) is 2.36. The standard InChI is InChI=1S/C16H19NO/c18-12-16-10-14-8-9-17(16)11-15(14)7-6-13-4-2-1-3-5-13/h1-5,14-16,18H,8-12H2/t14?,15-,16-/m0/s1. The Bertz CT molecular complexity index is 459. The van der Waals surface area contributed by atoms with Crippen molar-refractivity contribution in [2.75, 3.05) is 19.7 Å². The Morgan fingerprint density at radius 1 is 1.28 bits per heavy atom. The Hall–Kier alpha value is -1.30. The lowest BCUT2D eigenvalue weighted by Crippen LogP contribution is -2.54. The molecule has 2 bridgehead atoms. The maximum Gasteiger partial charge on any atom is 0.0586 e. The van der Waals surface area contributed by atoms with Crippen LogP contribution in [0.3, 0.4) is 0 Å². The molecule has 94 valence electrons. The number of rotatable bonds is 1. The largest absolute Gasteiger partial charge is 0.395 e. The number of piperidine rings is 3. The van der Waals surface area contributed by atoms with Crippen LogP contribution in [-0.2, 0) is 0 Å². The van der Waals surface area contributed by atoms with Gasteiger partial charge in [0.25, 0.3) is 0 Å². The number of aliphatic hydroxyl groups is 1. The van der Waals surface area contributed by atoms with Gasteiger partial charge in [-0.3, -0.25) is 4.90 Å². The minimum absolute atomic E-state index is 0.301. The SMILES string of the molecule is OC[C@@H]1CC2CCN1C[C@@H]2C#Cc1ccccc1. The van der Waals surface area contributed by atoms with Crippen molar-refractivity contribution in [1.82, 2.24) is 4.90 Å². The van der Waals surface area contributed by atoms with E-state index in [0.717, 1.165) is 25.1 Å². The number of hydrogen-bond acceptors (Lipinski definition) is 2. The number of benzene rings is 1. The fourth-order valence-corrected chi connectivity index (χ4v) is 3.19. The first-order valence-electron chi connectivity index (χ1n) is 6.78. The topological polar surface area (TPSA) is 23.5 Å². The highest BCUT2D eigenvalue weighted by molar-refractivity contribution is 5.34. The van der Waals surface area contributed by atoms with Crippen molar-refractivity contribution in [3.63, 3.8) is 0 Å². The van der Waals surface area contributed by atoms with Crippen LogP contribution in [0.4, 0.5) is 0 Å². The third kappa shape index (κ3) is 2.29. The van der Waals surface area contributed by atoms with E-state index in [4.69, 9.17) is 0 Å². The Kier molecular flexibility index (Phi) is 3.36. The second-order valence-corrected chi connectivity index (χ2v) is 5.36. The lowest BCUT2D eigenvalue weighted by molar-refractivity contribution is -0.00370. The quantitative estimate of drug-likeness (QED) is 0.757. The molecule has 0 aromatic heterocycles. The maximum absolute atomic E-state index is 9.33. The van der Waals surface area contributed by atoms with E-state index in [9.17, 15) is 5.11 Å². The van der Waals surface area contributed by atoms with Gasteiger partial charge in [-0.05, 0) is 37.4 Å². The second-order valence-electron chi connectivity index (χ2n) is 5.36. The van der Waals surface area contributed by atoms with E-state index >= 15 is 0 Å². The molecule has 0 spiro atoms. The van der Waals surface area contributed by atoms with Crippen LogP contribution in [0, 0.1) is 23.7 Å². The molecule has 0 amide bonds. The van der Waals surface area contributed by atoms with Gasteiger partial charge in [0.15, 0.2) is 0 Å². The summed E-state index contributed by atoms with van der Waals surface area (Å²) in [7, 11) is 0. The van der Waals surface area contributed by atoms with Gasteiger partial charge in [0.05, 0.1) is 6.61 Å². The maximum atomic E-state index is 9.33. The molecule has 1 N–H and O–H groups in total. The zero-order valence-electron chi connectivity index (χ0n) is 10.5. The van der Waals surface area contributed by atoms with Gasteiger partial charge in [0, 0.05) is 24.1 Å². The van der Waals surface area contributed by atoms with Gasteiger partial charge >= 0.3 is 0 Å². The number of nitrogens with zero attached hydrogens (tertiary/aromatic N) is 1. The van der Waals surface area contributed by atoms with Crippen molar-refractivity contribution < 1.29 is 5.11 Å². The van der Waals surface area contributed by atoms with Gasteiger partial charge in [0.1, 0.15) is 0 Å². The monoisotopic (exact) mass is 241 g/mol. The molecule has 2 nitrogen and oxygen atoms in total. The summed E-state index contributed by atoms with van der Waals surface area (Å²) >= 11 is 0. The summed E-state index contributed by atoms with van der Waals surface area (Å²) in [6, 6.07) is 10.6. The molecule has 4 atom stereocenters. The molecule has 0 saturated carbocycles. The highest BCUT2D eigenvalue weighted by Crippen LogP contribution is 2.35. The molecule has 2 heteroatoms. The van der Waals surface area contributed by atoms with E-state index in [1.54, 1.807) is 0 Å². The van der Waals surface area contributed by atoms with Crippen LogP contribution in [-0.4, -0.2) is 35.7 Å². The molecule has 3 heterocycles. The minimum atomic E-state index is 0.301. The van der Waals surface area contributed by atoms with Crippen LogP contribution in [0.2, 0.25) is 0 Å². The first-order valence-corrected chi connectivity index (χ1v) is 6.78. The number of hydrogen-bond donors (Lipinski definition) is 1. The third-order valence-electron chi connectivity index (χ3n) is 4.27. The molecular formula is C16H19NO. The molecule has 1 aromatic carbocycles. The molecule has 0 radical (unpaired) electrons. The van der Waals surface area contributed by atoms with Gasteiger partial charge in [-0.1, -0.05) is 30.0 Å². The minimum Gasteiger partial charge on any atom is -0.395 e. The first kappa shape index (κ1) is 11.8. The summed E-state index contributed by atoms with van der Waals surface area (Å²) in [6.45, 7) is 2.48. The lowest BCUT2D eigenvalue weighted by Gasteiger charge is -2.47. The van der Waals surface area contributed by atoms with Crippen LogP contribution < -0.4 is 0 Å². The fourth-order valence-electron chi connectivity index (χ4n) is 3.19. The van der Waals surface area contributed by atoms with Gasteiger partial charge < -0.3 is 5.11 Å². The van der Waals surface area contributed by atoms with Crippen LogP contribution in [0.15, 0.2) is 30.3 Å². The lowest BCUT2D eigenvalue weighted by atomic mass is 9.76. The molecule has 3 aliphatic rings. The average Bonchev–Trinajstić information content (AvgIpc) is 2.46. The molecule has 1 aromatic rings. The Labute approximate surface area is 109 Å². The van der Waals surface area contributed by atoms with Crippen LogP contribution in [0.25, 0.3) is 0 Å². The summed E-state index contributed by atoms with van der Waals surface area (Å²) in [5.41, 5.74) is 1.10. The van der Waals surface area contributed by atoms with Gasteiger partial charge in [-0.2, -0.15) is 0 Å². The summed E-state index contributed by atoms with van der Waals surface area (Å²) in [4.78, 5) is 2.41. The van der Waals surface area contributed by atoms with E-state index in [1.807, 2.05) is 18.2 Å². The van der Waals surface area contributed by atoms with Gasteiger partial charge in [-0.25, -0.2) is 0 Å². The molecule has 4 rings (SSSR count). The Balaban J connectivity index is 1.71. The molecule has 3 fully saturated rings. The van der Waals surface area contributed by atoms with Crippen LogP contribution in [0.1, 0.15) is 18.4 Å². The smallest absolute Gasteiger partial charge is 0.0586 e. The van der Waals surface area contributed by atoms with Gasteiger partial charge in [0.2, 0.25) is 0 Å². The van der Waals surface area contributed by atoms with Crippen molar-refractivity contribution in [3.05, 3.63) is 35.9 Å². The van der Waals surface area contributed by atoms with Gasteiger partial charge in [-0.15, -0.1) is 0 Å². The van der Waals surface area contributed by atoms with E-state index in [-0.39, 0.29) is 0 Å². The van der Waals surface area contributed by atoms with Crippen molar-refractivity contribution in [1.29, 1.82) is 0 Å². The molecule has 18 heavy (non-hydrogen) atoms. The van der Waals surface area contributed by atoms with Crippen LogP contribution in [0.5, 0.6) is 0 Å². The summed E-state index contributed by atoms with van der Waals surface area (Å²) < 4.78 is 0. The molecule has 3 aliphatic heterocycles. The summed E-state index contributed by atoms with van der Waals surface area (Å²) in [5.74, 6) is 7.90. The summed E-state index contributed by atoms with van der Waals surface area (Å²) in [5, 5.41) is 9.33. The Morgan fingerprint density at radius 3 is 2.78 bits per heavy atom. The number of fused-ring (bicyclic) bond motifs is 3. The predicted molar refractivity (Wildman–Crippen MR) is 72.0 cm³/mol. The van der Waals surface area contributed by atoms with E-state index in [2.05, 4.69) is 28.9 Å². The molecule has 3 saturated heterocycles. The van der Waals surface area contributed by atoms with E-state index in [1.165, 1.54) is 6.42 Å².